The zero-order valence-electron chi connectivity index (χ0n) is 21.1. The van der Waals surface area contributed by atoms with E-state index in [4.69, 9.17) is 9.47 Å². The average molecular weight is 441 g/mol. The number of rotatable bonds is 23. The predicted molar refractivity (Wildman–Crippen MR) is 130 cm³/mol. The van der Waals surface area contributed by atoms with Gasteiger partial charge in [-0.25, -0.2) is 0 Å². The minimum atomic E-state index is -0.138. The Morgan fingerprint density at radius 3 is 1.35 bits per heavy atom. The van der Waals surface area contributed by atoms with Gasteiger partial charge in [0.2, 0.25) is 0 Å². The smallest absolute Gasteiger partial charge is 0.305 e. The molecule has 0 atom stereocenters. The summed E-state index contributed by atoms with van der Waals surface area (Å²) in [6.45, 7) is 7.82. The first-order valence-electron chi connectivity index (χ1n) is 13.4. The summed E-state index contributed by atoms with van der Waals surface area (Å²) in [4.78, 5) is 23.5. The summed E-state index contributed by atoms with van der Waals surface area (Å²) in [5.74, 6) is 0.501. The van der Waals surface area contributed by atoms with Gasteiger partial charge >= 0.3 is 11.9 Å². The molecule has 0 aromatic heterocycles. The third-order valence-electron chi connectivity index (χ3n) is 5.71. The van der Waals surface area contributed by atoms with Crippen molar-refractivity contribution in [3.05, 3.63) is 0 Å². The lowest BCUT2D eigenvalue weighted by molar-refractivity contribution is -0.146. The third-order valence-corrected chi connectivity index (χ3v) is 5.71. The lowest BCUT2D eigenvalue weighted by atomic mass is 10.0. The van der Waals surface area contributed by atoms with E-state index in [9.17, 15) is 9.59 Å². The van der Waals surface area contributed by atoms with E-state index >= 15 is 0 Å². The molecular weight excluding hydrogens is 388 g/mol. The molecule has 0 saturated heterocycles. The van der Waals surface area contributed by atoms with Crippen molar-refractivity contribution >= 4 is 11.9 Å². The lowest BCUT2D eigenvalue weighted by Crippen LogP contribution is -2.08. The molecule has 0 aromatic carbocycles. The molecule has 0 aliphatic heterocycles. The summed E-state index contributed by atoms with van der Waals surface area (Å²) >= 11 is 0. The van der Waals surface area contributed by atoms with Crippen molar-refractivity contribution in [1.82, 2.24) is 0 Å². The largest absolute Gasteiger partial charge is 0.466 e. The van der Waals surface area contributed by atoms with Gasteiger partial charge in [-0.2, -0.15) is 0 Å². The summed E-state index contributed by atoms with van der Waals surface area (Å²) in [5.41, 5.74) is 0. The highest BCUT2D eigenvalue weighted by Gasteiger charge is 2.06. The molecule has 0 radical (unpaired) electrons. The van der Waals surface area contributed by atoms with Gasteiger partial charge in [-0.15, -0.1) is 0 Å². The fourth-order valence-corrected chi connectivity index (χ4v) is 3.65. The molecule has 0 rings (SSSR count). The first kappa shape index (κ1) is 29.9. The zero-order chi connectivity index (χ0) is 23.0. The van der Waals surface area contributed by atoms with Crippen molar-refractivity contribution in [1.29, 1.82) is 0 Å². The second-order valence-corrected chi connectivity index (χ2v) is 9.43. The maximum absolute atomic E-state index is 11.7. The number of hydrogen-bond acceptors (Lipinski definition) is 4. The Morgan fingerprint density at radius 2 is 0.935 bits per heavy atom. The number of ether oxygens (including phenoxy) is 2. The average Bonchev–Trinajstić information content (AvgIpc) is 2.74. The highest BCUT2D eigenvalue weighted by atomic mass is 16.5. The summed E-state index contributed by atoms with van der Waals surface area (Å²) in [6.07, 6.45) is 20.8. The van der Waals surface area contributed by atoms with E-state index in [0.717, 1.165) is 31.6 Å². The lowest BCUT2D eigenvalue weighted by Gasteiger charge is -2.07. The molecule has 0 saturated carbocycles. The fourth-order valence-electron chi connectivity index (χ4n) is 3.65. The first-order chi connectivity index (χ1) is 15.1. The molecule has 184 valence electrons. The van der Waals surface area contributed by atoms with Crippen LogP contribution in [0.3, 0.4) is 0 Å². The van der Waals surface area contributed by atoms with Crippen molar-refractivity contribution in [2.75, 3.05) is 13.2 Å². The summed E-state index contributed by atoms with van der Waals surface area (Å²) in [6, 6.07) is 0. The maximum atomic E-state index is 11.7. The zero-order valence-corrected chi connectivity index (χ0v) is 21.1. The molecule has 0 heterocycles. The molecule has 0 bridgehead atoms. The SMILES string of the molecule is CCCCCCCCCCCCOC(=O)CCCCC(=O)OCCCCCCC(C)C. The van der Waals surface area contributed by atoms with Crippen molar-refractivity contribution in [3.63, 3.8) is 0 Å². The number of hydrogen-bond donors (Lipinski definition) is 0. The molecule has 0 aromatic rings. The quantitative estimate of drug-likeness (QED) is 0.119. The molecule has 0 N–H and O–H groups in total. The van der Waals surface area contributed by atoms with E-state index in [1.54, 1.807) is 0 Å². The van der Waals surface area contributed by atoms with Crippen molar-refractivity contribution in [2.24, 2.45) is 5.92 Å². The van der Waals surface area contributed by atoms with Crippen LogP contribution >= 0.6 is 0 Å². The monoisotopic (exact) mass is 440 g/mol. The van der Waals surface area contributed by atoms with Crippen LogP contribution < -0.4 is 0 Å². The molecule has 0 aliphatic carbocycles. The molecule has 31 heavy (non-hydrogen) atoms. The van der Waals surface area contributed by atoms with Gasteiger partial charge in [-0.1, -0.05) is 104 Å². The number of carbonyl (C=O) groups excluding carboxylic acids is 2. The van der Waals surface area contributed by atoms with Gasteiger partial charge < -0.3 is 9.47 Å². The van der Waals surface area contributed by atoms with Gasteiger partial charge in [0, 0.05) is 12.8 Å². The number of unbranched alkanes of at least 4 members (excludes halogenated alkanes) is 13. The van der Waals surface area contributed by atoms with Crippen LogP contribution in [0.5, 0.6) is 0 Å². The predicted octanol–water partition coefficient (Wildman–Crippen LogP) is 8.16. The summed E-state index contributed by atoms with van der Waals surface area (Å²) in [7, 11) is 0. The minimum absolute atomic E-state index is 0.134. The highest BCUT2D eigenvalue weighted by Crippen LogP contribution is 2.11. The van der Waals surface area contributed by atoms with Gasteiger partial charge in [0.25, 0.3) is 0 Å². The van der Waals surface area contributed by atoms with Crippen molar-refractivity contribution in [2.45, 2.75) is 143 Å². The van der Waals surface area contributed by atoms with E-state index in [1.165, 1.54) is 70.6 Å². The Kier molecular flexibility index (Phi) is 22.8. The van der Waals surface area contributed by atoms with Crippen LogP contribution in [-0.2, 0) is 19.1 Å². The molecule has 0 aliphatic rings. The number of carbonyl (C=O) groups is 2. The van der Waals surface area contributed by atoms with Gasteiger partial charge in [0.05, 0.1) is 13.2 Å². The maximum Gasteiger partial charge on any atom is 0.305 e. The van der Waals surface area contributed by atoms with Crippen LogP contribution in [0.4, 0.5) is 0 Å². The molecule has 0 spiro atoms. The molecular formula is C27H52O4. The highest BCUT2D eigenvalue weighted by molar-refractivity contribution is 5.70. The van der Waals surface area contributed by atoms with Gasteiger partial charge in [-0.3, -0.25) is 9.59 Å². The van der Waals surface area contributed by atoms with E-state index < -0.39 is 0 Å². The van der Waals surface area contributed by atoms with Crippen LogP contribution in [0.2, 0.25) is 0 Å². The van der Waals surface area contributed by atoms with E-state index in [2.05, 4.69) is 20.8 Å². The van der Waals surface area contributed by atoms with Gasteiger partial charge in [0.1, 0.15) is 0 Å². The standard InChI is InChI=1S/C27H52O4/c1-4-5-6-7-8-9-10-11-13-18-23-30-26(28)21-16-17-22-27(29)31-24-19-14-12-15-20-25(2)3/h25H,4-24H2,1-3H3. The van der Waals surface area contributed by atoms with E-state index in [-0.39, 0.29) is 11.9 Å². The van der Waals surface area contributed by atoms with Crippen LogP contribution in [0.15, 0.2) is 0 Å². The Balaban J connectivity index is 3.30. The normalized spacial score (nSPS) is 11.1. The van der Waals surface area contributed by atoms with Crippen LogP contribution in [0, 0.1) is 5.92 Å². The molecule has 0 unspecified atom stereocenters. The molecule has 4 nitrogen and oxygen atoms in total. The Bertz CT molecular complexity index is 406. The van der Waals surface area contributed by atoms with Crippen molar-refractivity contribution in [3.8, 4) is 0 Å². The van der Waals surface area contributed by atoms with E-state index in [0.29, 0.717) is 38.9 Å². The second kappa shape index (κ2) is 23.6. The summed E-state index contributed by atoms with van der Waals surface area (Å²) in [5, 5.41) is 0. The number of esters is 2. The van der Waals surface area contributed by atoms with Crippen LogP contribution in [0.25, 0.3) is 0 Å². The topological polar surface area (TPSA) is 52.6 Å². The van der Waals surface area contributed by atoms with E-state index in [1.807, 2.05) is 0 Å². The first-order valence-corrected chi connectivity index (χ1v) is 13.4. The molecule has 0 amide bonds. The van der Waals surface area contributed by atoms with Crippen molar-refractivity contribution < 1.29 is 19.1 Å². The molecule has 4 heteroatoms. The van der Waals surface area contributed by atoms with Crippen LogP contribution in [-0.4, -0.2) is 25.2 Å². The van der Waals surface area contributed by atoms with Crippen LogP contribution in [0.1, 0.15) is 143 Å². The second-order valence-electron chi connectivity index (χ2n) is 9.43. The van der Waals surface area contributed by atoms with Gasteiger partial charge in [0.15, 0.2) is 0 Å². The minimum Gasteiger partial charge on any atom is -0.466 e. The summed E-state index contributed by atoms with van der Waals surface area (Å²) < 4.78 is 10.6. The Hall–Kier alpha value is -1.06. The molecule has 0 fully saturated rings. The Labute approximate surface area is 193 Å². The van der Waals surface area contributed by atoms with Gasteiger partial charge in [-0.05, 0) is 31.6 Å². The fraction of sp³-hybridized carbons (Fsp3) is 0.926. The third kappa shape index (κ3) is 25.1. The Morgan fingerprint density at radius 1 is 0.548 bits per heavy atom.